The van der Waals surface area contributed by atoms with E-state index in [-0.39, 0.29) is 5.91 Å². The molecular weight excluding hydrogens is 452 g/mol. The molecule has 0 unspecified atom stereocenters. The van der Waals surface area contributed by atoms with Gasteiger partial charge in [0.25, 0.3) is 0 Å². The molecule has 8 nitrogen and oxygen atoms in total. The number of carbonyl (C=O) groups is 1. The van der Waals surface area contributed by atoms with Crippen LogP contribution < -0.4 is 9.64 Å². The van der Waals surface area contributed by atoms with Crippen LogP contribution in [-0.4, -0.2) is 63.8 Å². The number of anilines is 1. The molecule has 3 heterocycles. The summed E-state index contributed by atoms with van der Waals surface area (Å²) in [5.41, 5.74) is 3.67. The Hall–Kier alpha value is -4.46. The van der Waals surface area contributed by atoms with Crippen LogP contribution in [0.3, 0.4) is 0 Å². The number of nitrogens with zero attached hydrogens (tertiary/aromatic N) is 6. The predicted molar refractivity (Wildman–Crippen MR) is 140 cm³/mol. The first kappa shape index (κ1) is 23.3. The van der Waals surface area contributed by atoms with Crippen LogP contribution in [-0.2, 0) is 11.3 Å². The van der Waals surface area contributed by atoms with E-state index >= 15 is 0 Å². The maximum Gasteiger partial charge on any atom is 0.246 e. The van der Waals surface area contributed by atoms with Crippen molar-refractivity contribution < 1.29 is 9.53 Å². The molecule has 0 aliphatic carbocycles. The molecule has 1 aliphatic heterocycles. The van der Waals surface area contributed by atoms with Gasteiger partial charge < -0.3 is 14.5 Å². The first-order chi connectivity index (χ1) is 17.7. The molecule has 2 aromatic heterocycles. The molecule has 5 rings (SSSR count). The Bertz CT molecular complexity index is 1330. The molecule has 0 spiro atoms. The average Bonchev–Trinajstić information content (AvgIpc) is 3.35. The molecular formula is C28H28N6O2. The standard InChI is InChI=1S/C28H28N6O2/c1-36-25-11-6-5-10-24(25)27-23(21-34(31-27)20-22-8-3-2-4-9-22)12-13-26(35)32-16-18-33(19-17-32)28-29-14-7-15-30-28/h2-15,21H,16-20H2,1H3. The Morgan fingerprint density at radius 2 is 1.67 bits per heavy atom. The van der Waals surface area contributed by atoms with E-state index in [0.717, 1.165) is 28.1 Å². The number of hydrogen-bond donors (Lipinski definition) is 0. The van der Waals surface area contributed by atoms with Crippen molar-refractivity contribution >= 4 is 17.9 Å². The van der Waals surface area contributed by atoms with Gasteiger partial charge in [-0.1, -0.05) is 42.5 Å². The van der Waals surface area contributed by atoms with Crippen LogP contribution in [0, 0.1) is 0 Å². The minimum absolute atomic E-state index is 0.0228. The molecule has 182 valence electrons. The average molecular weight is 481 g/mol. The summed E-state index contributed by atoms with van der Waals surface area (Å²) in [5.74, 6) is 1.42. The fourth-order valence-corrected chi connectivity index (χ4v) is 4.31. The monoisotopic (exact) mass is 480 g/mol. The summed E-state index contributed by atoms with van der Waals surface area (Å²) in [6.07, 6.45) is 8.94. The number of ether oxygens (including phenoxy) is 1. The summed E-state index contributed by atoms with van der Waals surface area (Å²) in [6, 6.07) is 19.8. The third-order valence-electron chi connectivity index (χ3n) is 6.17. The fourth-order valence-electron chi connectivity index (χ4n) is 4.31. The summed E-state index contributed by atoms with van der Waals surface area (Å²) in [6.45, 7) is 3.27. The predicted octanol–water partition coefficient (Wildman–Crippen LogP) is 3.76. The molecule has 0 saturated carbocycles. The van der Waals surface area contributed by atoms with Crippen LogP contribution in [0.25, 0.3) is 17.3 Å². The molecule has 4 aromatic rings. The van der Waals surface area contributed by atoms with E-state index < -0.39 is 0 Å². The Kier molecular flexibility index (Phi) is 7.02. The summed E-state index contributed by atoms with van der Waals surface area (Å²) < 4.78 is 7.49. The number of rotatable bonds is 7. The van der Waals surface area contributed by atoms with Gasteiger partial charge in [0, 0.05) is 62.0 Å². The van der Waals surface area contributed by atoms with Gasteiger partial charge >= 0.3 is 0 Å². The molecule has 1 aliphatic rings. The van der Waals surface area contributed by atoms with E-state index in [1.807, 2.05) is 64.3 Å². The lowest BCUT2D eigenvalue weighted by Gasteiger charge is -2.34. The van der Waals surface area contributed by atoms with E-state index in [1.165, 1.54) is 0 Å². The van der Waals surface area contributed by atoms with Crippen molar-refractivity contribution in [1.29, 1.82) is 0 Å². The van der Waals surface area contributed by atoms with E-state index in [2.05, 4.69) is 27.0 Å². The van der Waals surface area contributed by atoms with E-state index in [0.29, 0.717) is 38.7 Å². The SMILES string of the molecule is COc1ccccc1-c1nn(Cc2ccccc2)cc1C=CC(=O)N1CCN(c2ncccn2)CC1. The second-order valence-electron chi connectivity index (χ2n) is 8.51. The van der Waals surface area contributed by atoms with Crippen LogP contribution in [0.15, 0.2) is 85.3 Å². The van der Waals surface area contributed by atoms with Crippen molar-refractivity contribution in [2.24, 2.45) is 0 Å². The molecule has 0 atom stereocenters. The lowest BCUT2D eigenvalue weighted by atomic mass is 10.1. The first-order valence-corrected chi connectivity index (χ1v) is 11.9. The van der Waals surface area contributed by atoms with Crippen molar-refractivity contribution in [2.45, 2.75) is 6.54 Å². The van der Waals surface area contributed by atoms with Crippen LogP contribution in [0.5, 0.6) is 5.75 Å². The van der Waals surface area contributed by atoms with Gasteiger partial charge in [-0.25, -0.2) is 9.97 Å². The molecule has 0 radical (unpaired) electrons. The number of para-hydroxylation sites is 1. The Morgan fingerprint density at radius 3 is 2.42 bits per heavy atom. The van der Waals surface area contributed by atoms with Gasteiger partial charge in [0.15, 0.2) is 0 Å². The van der Waals surface area contributed by atoms with Crippen molar-refractivity contribution in [3.05, 3.63) is 96.5 Å². The van der Waals surface area contributed by atoms with Gasteiger partial charge in [0.1, 0.15) is 11.4 Å². The second kappa shape index (κ2) is 10.9. The summed E-state index contributed by atoms with van der Waals surface area (Å²) in [4.78, 5) is 25.6. The third kappa shape index (κ3) is 5.27. The van der Waals surface area contributed by atoms with Crippen molar-refractivity contribution in [2.75, 3.05) is 38.2 Å². The van der Waals surface area contributed by atoms with Crippen LogP contribution in [0.4, 0.5) is 5.95 Å². The van der Waals surface area contributed by atoms with Crippen LogP contribution >= 0.6 is 0 Å². The normalized spacial score (nSPS) is 13.8. The number of methoxy groups -OCH3 is 1. The first-order valence-electron chi connectivity index (χ1n) is 11.9. The summed E-state index contributed by atoms with van der Waals surface area (Å²) in [5, 5.41) is 4.86. The Morgan fingerprint density at radius 1 is 0.944 bits per heavy atom. The molecule has 0 N–H and O–H groups in total. The van der Waals surface area contributed by atoms with Crippen molar-refractivity contribution in [1.82, 2.24) is 24.6 Å². The lowest BCUT2D eigenvalue weighted by Crippen LogP contribution is -2.48. The maximum absolute atomic E-state index is 13.0. The molecule has 1 amide bonds. The second-order valence-corrected chi connectivity index (χ2v) is 8.51. The van der Waals surface area contributed by atoms with Gasteiger partial charge in [0.05, 0.1) is 13.7 Å². The largest absolute Gasteiger partial charge is 0.496 e. The minimum Gasteiger partial charge on any atom is -0.496 e. The van der Waals surface area contributed by atoms with Gasteiger partial charge in [0.2, 0.25) is 11.9 Å². The summed E-state index contributed by atoms with van der Waals surface area (Å²) in [7, 11) is 1.65. The molecule has 1 saturated heterocycles. The third-order valence-corrected chi connectivity index (χ3v) is 6.17. The van der Waals surface area contributed by atoms with Crippen LogP contribution in [0.1, 0.15) is 11.1 Å². The lowest BCUT2D eigenvalue weighted by molar-refractivity contribution is -0.126. The quantitative estimate of drug-likeness (QED) is 0.375. The van der Waals surface area contributed by atoms with Crippen molar-refractivity contribution in [3.63, 3.8) is 0 Å². The maximum atomic E-state index is 13.0. The minimum atomic E-state index is -0.0228. The number of hydrogen-bond acceptors (Lipinski definition) is 6. The highest BCUT2D eigenvalue weighted by molar-refractivity contribution is 5.93. The number of amides is 1. The summed E-state index contributed by atoms with van der Waals surface area (Å²) >= 11 is 0. The number of aromatic nitrogens is 4. The van der Waals surface area contributed by atoms with E-state index in [4.69, 9.17) is 9.84 Å². The Balaban J connectivity index is 1.35. The van der Waals surface area contributed by atoms with Gasteiger partial charge in [-0.15, -0.1) is 0 Å². The van der Waals surface area contributed by atoms with Gasteiger partial charge in [-0.3, -0.25) is 9.48 Å². The molecule has 8 heteroatoms. The molecule has 0 bridgehead atoms. The highest BCUT2D eigenvalue weighted by atomic mass is 16.5. The zero-order valence-electron chi connectivity index (χ0n) is 20.2. The molecule has 2 aromatic carbocycles. The van der Waals surface area contributed by atoms with E-state index in [1.54, 1.807) is 31.6 Å². The van der Waals surface area contributed by atoms with E-state index in [9.17, 15) is 4.79 Å². The highest BCUT2D eigenvalue weighted by Crippen LogP contribution is 2.32. The Labute approximate surface area is 210 Å². The topological polar surface area (TPSA) is 76.4 Å². The number of carbonyl (C=O) groups excluding carboxylic acids is 1. The van der Waals surface area contributed by atoms with Crippen molar-refractivity contribution in [3.8, 4) is 17.0 Å². The van der Waals surface area contributed by atoms with Crippen LogP contribution in [0.2, 0.25) is 0 Å². The number of benzene rings is 2. The number of piperazine rings is 1. The molecule has 36 heavy (non-hydrogen) atoms. The highest BCUT2D eigenvalue weighted by Gasteiger charge is 2.21. The molecule has 1 fully saturated rings. The fraction of sp³-hybridized carbons (Fsp3) is 0.214. The zero-order chi connectivity index (χ0) is 24.7. The zero-order valence-corrected chi connectivity index (χ0v) is 20.2. The van der Waals surface area contributed by atoms with Gasteiger partial charge in [-0.05, 0) is 29.8 Å². The smallest absolute Gasteiger partial charge is 0.246 e. The van der Waals surface area contributed by atoms with Gasteiger partial charge in [-0.2, -0.15) is 5.10 Å².